The van der Waals surface area contributed by atoms with Gasteiger partial charge in [-0.1, -0.05) is 179 Å². The minimum Gasteiger partial charge on any atom is -0.394 e. The zero-order valence-electron chi connectivity index (χ0n) is 47.4. The number of aliphatic hydroxyl groups is 11. The first-order valence-electron chi connectivity index (χ1n) is 30.2. The van der Waals surface area contributed by atoms with Crippen molar-refractivity contribution in [2.24, 2.45) is 0 Å². The lowest BCUT2D eigenvalue weighted by atomic mass is 9.96. The van der Waals surface area contributed by atoms with E-state index in [0.29, 0.717) is 6.42 Å². The fourth-order valence-electron chi connectivity index (χ4n) is 10.2. The maximum atomic E-state index is 13.3. The van der Waals surface area contributed by atoms with Crippen LogP contribution in [0.5, 0.6) is 0 Å². The van der Waals surface area contributed by atoms with E-state index in [1.807, 2.05) is 6.08 Å². The SMILES string of the molecule is CCCCCC/C=C\C/C=C\CCCCCCCCCC(=O)NC(COC1OC(CO)C(OC2OC(CO)C(OC3OC(CO)C(O)C(O)C3O)C(O)C2O)C(O)C1O)C(O)/C=C/CCCCCCCCCCCCCCC. The molecule has 0 aromatic rings. The third-order valence-electron chi connectivity index (χ3n) is 15.2. The molecule has 78 heavy (non-hydrogen) atoms. The maximum Gasteiger partial charge on any atom is 0.220 e. The Kier molecular flexibility index (Phi) is 38.5. The lowest BCUT2D eigenvalue weighted by Crippen LogP contribution is -2.66. The summed E-state index contributed by atoms with van der Waals surface area (Å²) in [5, 5.41) is 120. The number of rotatable bonds is 44. The Balaban J connectivity index is 1.51. The van der Waals surface area contributed by atoms with Gasteiger partial charge < -0.3 is 89.9 Å². The van der Waals surface area contributed by atoms with Gasteiger partial charge in [0.2, 0.25) is 5.91 Å². The summed E-state index contributed by atoms with van der Waals surface area (Å²) in [5.74, 6) is -0.284. The summed E-state index contributed by atoms with van der Waals surface area (Å²) < 4.78 is 34.2. The van der Waals surface area contributed by atoms with Gasteiger partial charge in [0.15, 0.2) is 18.9 Å². The van der Waals surface area contributed by atoms with Crippen LogP contribution in [0.4, 0.5) is 0 Å². The Bertz CT molecular complexity index is 1570. The van der Waals surface area contributed by atoms with E-state index in [1.165, 1.54) is 89.9 Å². The summed E-state index contributed by atoms with van der Waals surface area (Å²) in [6.45, 7) is 1.69. The average Bonchev–Trinajstić information content (AvgIpc) is 3.48. The van der Waals surface area contributed by atoms with Crippen LogP contribution in [0.15, 0.2) is 36.5 Å². The van der Waals surface area contributed by atoms with Gasteiger partial charge in [0.1, 0.15) is 73.2 Å². The Labute approximate surface area is 466 Å². The summed E-state index contributed by atoms with van der Waals surface area (Å²) >= 11 is 0. The molecule has 1 amide bonds. The minimum atomic E-state index is -1.98. The normalized spacial score (nSPS) is 30.7. The van der Waals surface area contributed by atoms with Crippen LogP contribution in [0.2, 0.25) is 0 Å². The van der Waals surface area contributed by atoms with Crippen molar-refractivity contribution >= 4 is 5.91 Å². The van der Waals surface area contributed by atoms with Crippen LogP contribution in [0.1, 0.15) is 200 Å². The van der Waals surface area contributed by atoms with E-state index in [1.54, 1.807) is 6.08 Å². The number of allylic oxidation sites excluding steroid dienone is 5. The zero-order valence-corrected chi connectivity index (χ0v) is 47.4. The molecule has 3 saturated heterocycles. The Morgan fingerprint density at radius 2 is 0.846 bits per heavy atom. The molecule has 19 heteroatoms. The molecule has 3 heterocycles. The van der Waals surface area contributed by atoms with Crippen LogP contribution in [-0.4, -0.2) is 193 Å². The van der Waals surface area contributed by atoms with E-state index in [2.05, 4.69) is 43.5 Å². The molecule has 3 fully saturated rings. The third-order valence-corrected chi connectivity index (χ3v) is 15.2. The van der Waals surface area contributed by atoms with Crippen molar-refractivity contribution < 1.29 is 89.4 Å². The van der Waals surface area contributed by atoms with Crippen molar-refractivity contribution in [1.29, 1.82) is 0 Å². The molecule has 19 nitrogen and oxygen atoms in total. The van der Waals surface area contributed by atoms with Crippen LogP contribution < -0.4 is 5.32 Å². The highest BCUT2D eigenvalue weighted by atomic mass is 16.8. The van der Waals surface area contributed by atoms with Gasteiger partial charge in [0.25, 0.3) is 0 Å². The van der Waals surface area contributed by atoms with E-state index in [4.69, 9.17) is 28.4 Å². The van der Waals surface area contributed by atoms with E-state index >= 15 is 0 Å². The molecule has 0 aromatic heterocycles. The molecule has 3 aliphatic heterocycles. The summed E-state index contributed by atoms with van der Waals surface area (Å²) in [6, 6.07) is -0.976. The molecule has 17 atom stereocenters. The van der Waals surface area contributed by atoms with E-state index in [9.17, 15) is 61.0 Å². The second-order valence-corrected chi connectivity index (χ2v) is 21.8. The number of aliphatic hydroxyl groups excluding tert-OH is 11. The van der Waals surface area contributed by atoms with Crippen LogP contribution in [0, 0.1) is 0 Å². The van der Waals surface area contributed by atoms with Gasteiger partial charge in [-0.25, -0.2) is 0 Å². The first-order chi connectivity index (χ1) is 37.8. The number of hydrogen-bond donors (Lipinski definition) is 12. The van der Waals surface area contributed by atoms with E-state index in [-0.39, 0.29) is 18.9 Å². The van der Waals surface area contributed by atoms with Crippen LogP contribution in [0.3, 0.4) is 0 Å². The first-order valence-corrected chi connectivity index (χ1v) is 30.2. The van der Waals surface area contributed by atoms with Crippen molar-refractivity contribution in [2.45, 2.75) is 304 Å². The second kappa shape index (κ2) is 42.8. The van der Waals surface area contributed by atoms with Gasteiger partial charge in [-0.15, -0.1) is 0 Å². The molecule has 3 rings (SSSR count). The summed E-state index contributed by atoms with van der Waals surface area (Å²) in [7, 11) is 0. The number of carbonyl (C=O) groups is 1. The number of carbonyl (C=O) groups excluding carboxylic acids is 1. The second-order valence-electron chi connectivity index (χ2n) is 21.8. The minimum absolute atomic E-state index is 0.234. The van der Waals surface area contributed by atoms with Crippen LogP contribution in [0.25, 0.3) is 0 Å². The maximum absolute atomic E-state index is 13.3. The number of ether oxygens (including phenoxy) is 6. The van der Waals surface area contributed by atoms with Crippen LogP contribution in [-0.2, 0) is 33.2 Å². The van der Waals surface area contributed by atoms with Crippen molar-refractivity contribution in [2.75, 3.05) is 26.4 Å². The quantitative estimate of drug-likeness (QED) is 0.0271. The molecule has 12 N–H and O–H groups in total. The molecule has 0 aromatic carbocycles. The molecule has 0 aliphatic carbocycles. The van der Waals surface area contributed by atoms with Crippen molar-refractivity contribution in [3.63, 3.8) is 0 Å². The number of nitrogens with one attached hydrogen (secondary N) is 1. The Morgan fingerprint density at radius 1 is 0.462 bits per heavy atom. The molecular weight excluding hydrogens is 1010 g/mol. The monoisotopic (exact) mass is 1120 g/mol. The van der Waals surface area contributed by atoms with Gasteiger partial charge in [0.05, 0.1) is 38.6 Å². The fraction of sp³-hybridized carbons (Fsp3) is 0.881. The smallest absolute Gasteiger partial charge is 0.220 e. The summed E-state index contributed by atoms with van der Waals surface area (Å²) in [5.41, 5.74) is 0. The van der Waals surface area contributed by atoms with Crippen molar-refractivity contribution in [3.8, 4) is 0 Å². The summed E-state index contributed by atoms with van der Waals surface area (Å²) in [6.07, 6.45) is 18.3. The number of hydrogen-bond acceptors (Lipinski definition) is 18. The molecular formula is C59H107NO18. The predicted octanol–water partition coefficient (Wildman–Crippen LogP) is 5.32. The molecule has 0 radical (unpaired) electrons. The third kappa shape index (κ3) is 26.5. The fourth-order valence-corrected chi connectivity index (χ4v) is 10.2. The molecule has 0 bridgehead atoms. The van der Waals surface area contributed by atoms with E-state index in [0.717, 1.165) is 83.5 Å². The number of unbranched alkanes of at least 4 members (excludes halogenated alkanes) is 24. The highest BCUT2D eigenvalue weighted by Gasteiger charge is 2.53. The van der Waals surface area contributed by atoms with Gasteiger partial charge in [-0.3, -0.25) is 4.79 Å². The van der Waals surface area contributed by atoms with Gasteiger partial charge in [0, 0.05) is 6.42 Å². The lowest BCUT2D eigenvalue weighted by Gasteiger charge is -2.48. The van der Waals surface area contributed by atoms with Crippen molar-refractivity contribution in [3.05, 3.63) is 36.5 Å². The topological polar surface area (TPSA) is 307 Å². The van der Waals surface area contributed by atoms with Gasteiger partial charge in [-0.2, -0.15) is 0 Å². The summed E-state index contributed by atoms with van der Waals surface area (Å²) in [4.78, 5) is 13.3. The molecule has 3 aliphatic rings. The molecule has 17 unspecified atom stereocenters. The standard InChI is InChI=1S/C59H107NO18/c1-3-5-7-9-11-13-15-17-19-20-21-23-25-27-29-31-33-35-37-47(65)60-42(43(64)36-34-32-30-28-26-24-22-18-16-14-12-10-8-6-4-2)41-73-57-53(71)50(68)55(45(39-62)75-57)78-59-54(72)51(69)56(46(40-63)76-59)77-58-52(70)49(67)48(66)44(38-61)74-58/h13,15,19-20,34,36,42-46,48-59,61-64,66-72H,3-12,14,16-18,21-33,35,37-41H2,1-2H3,(H,60,65)/b15-13-,20-19-,36-34+. The van der Waals surface area contributed by atoms with Gasteiger partial charge >= 0.3 is 0 Å². The molecule has 0 saturated carbocycles. The predicted molar refractivity (Wildman–Crippen MR) is 296 cm³/mol. The Morgan fingerprint density at radius 3 is 1.32 bits per heavy atom. The molecule has 456 valence electrons. The van der Waals surface area contributed by atoms with Crippen LogP contribution >= 0.6 is 0 Å². The number of amides is 1. The Hall–Kier alpha value is -1.99. The molecule has 0 spiro atoms. The zero-order chi connectivity index (χ0) is 56.9. The van der Waals surface area contributed by atoms with Gasteiger partial charge in [-0.05, 0) is 51.4 Å². The first kappa shape index (κ1) is 70.3. The van der Waals surface area contributed by atoms with E-state index < -0.39 is 124 Å². The average molecular weight is 1120 g/mol. The largest absolute Gasteiger partial charge is 0.394 e. The lowest BCUT2D eigenvalue weighted by molar-refractivity contribution is -0.379. The highest BCUT2D eigenvalue weighted by molar-refractivity contribution is 5.76. The van der Waals surface area contributed by atoms with Crippen molar-refractivity contribution in [1.82, 2.24) is 5.32 Å². The highest BCUT2D eigenvalue weighted by Crippen LogP contribution is 2.33.